The maximum atomic E-state index is 9.48. The number of benzene rings is 1. The average molecular weight is 316 g/mol. The van der Waals surface area contributed by atoms with Gasteiger partial charge in [-0.05, 0) is 35.9 Å². The second-order valence-electron chi connectivity index (χ2n) is 5.23. The predicted molar refractivity (Wildman–Crippen MR) is 88.2 cm³/mol. The molecule has 116 valence electrons. The van der Waals surface area contributed by atoms with Crippen molar-refractivity contribution in [3.8, 4) is 40.0 Å². The highest BCUT2D eigenvalue weighted by atomic mass is 16.7. The minimum atomic E-state index is 0.194. The van der Waals surface area contributed by atoms with Crippen LogP contribution in [0.1, 0.15) is 5.56 Å². The molecule has 1 aliphatic rings. The molecule has 0 atom stereocenters. The third-order valence-electron chi connectivity index (χ3n) is 3.82. The Balaban J connectivity index is 1.91. The second kappa shape index (κ2) is 5.56. The molecule has 0 fully saturated rings. The highest BCUT2D eigenvalue weighted by Gasteiger charge is 2.18. The molecule has 0 radical (unpaired) electrons. The normalized spacial score (nSPS) is 12.0. The number of aromatic nitrogens is 2. The molecule has 4 rings (SSSR count). The van der Waals surface area contributed by atoms with Crippen LogP contribution >= 0.6 is 0 Å². The Morgan fingerprint density at radius 2 is 1.79 bits per heavy atom. The van der Waals surface area contributed by atoms with Crippen LogP contribution < -0.4 is 15.2 Å². The number of pyridine rings is 2. The summed E-state index contributed by atoms with van der Waals surface area (Å²) in [5.41, 5.74) is 9.44. The molecule has 6 heteroatoms. The number of nitrogen functional groups attached to an aromatic ring is 1. The molecule has 6 nitrogen and oxygen atoms in total. The largest absolute Gasteiger partial charge is 0.454 e. The van der Waals surface area contributed by atoms with Crippen molar-refractivity contribution in [1.82, 2.24) is 9.97 Å². The maximum Gasteiger partial charge on any atom is 0.231 e. The van der Waals surface area contributed by atoms with Crippen molar-refractivity contribution in [1.29, 1.82) is 5.26 Å². The fraction of sp³-hybridized carbons (Fsp3) is 0.0556. The Morgan fingerprint density at radius 1 is 1.00 bits per heavy atom. The summed E-state index contributed by atoms with van der Waals surface area (Å²) in [5, 5.41) is 9.48. The predicted octanol–water partition coefficient (Wildman–Crippen LogP) is 2.99. The average Bonchev–Trinajstić information content (AvgIpc) is 3.09. The summed E-state index contributed by atoms with van der Waals surface area (Å²) in [4.78, 5) is 8.35. The third kappa shape index (κ3) is 2.29. The molecule has 0 amide bonds. The first-order valence-electron chi connectivity index (χ1n) is 7.27. The Hall–Kier alpha value is -3.59. The molecule has 0 aliphatic carbocycles. The zero-order valence-corrected chi connectivity index (χ0v) is 12.6. The third-order valence-corrected chi connectivity index (χ3v) is 3.82. The Bertz CT molecular complexity index is 965. The molecule has 0 bridgehead atoms. The van der Waals surface area contributed by atoms with E-state index in [1.165, 1.54) is 0 Å². The summed E-state index contributed by atoms with van der Waals surface area (Å²) in [5.74, 6) is 1.53. The van der Waals surface area contributed by atoms with E-state index in [9.17, 15) is 5.26 Å². The van der Waals surface area contributed by atoms with Crippen molar-refractivity contribution in [3.05, 3.63) is 54.4 Å². The van der Waals surface area contributed by atoms with Crippen molar-refractivity contribution in [2.45, 2.75) is 0 Å². The van der Waals surface area contributed by atoms with Gasteiger partial charge in [-0.2, -0.15) is 5.26 Å². The number of anilines is 1. The highest BCUT2D eigenvalue weighted by Crippen LogP contribution is 2.38. The van der Waals surface area contributed by atoms with Gasteiger partial charge >= 0.3 is 0 Å². The topological polar surface area (TPSA) is 94.0 Å². The second-order valence-corrected chi connectivity index (χ2v) is 5.23. The number of nitriles is 1. The van der Waals surface area contributed by atoms with Crippen molar-refractivity contribution in [3.63, 3.8) is 0 Å². The molecule has 2 N–H and O–H groups in total. The van der Waals surface area contributed by atoms with E-state index in [1.807, 2.05) is 36.4 Å². The van der Waals surface area contributed by atoms with E-state index in [0.29, 0.717) is 28.3 Å². The molecule has 1 aliphatic heterocycles. The van der Waals surface area contributed by atoms with Crippen LogP contribution in [-0.4, -0.2) is 16.8 Å². The van der Waals surface area contributed by atoms with Crippen molar-refractivity contribution in [2.24, 2.45) is 0 Å². The van der Waals surface area contributed by atoms with Crippen LogP contribution in [0.25, 0.3) is 22.4 Å². The number of hydrogen-bond acceptors (Lipinski definition) is 6. The van der Waals surface area contributed by atoms with E-state index in [2.05, 4.69) is 16.0 Å². The molecule has 0 unspecified atom stereocenters. The number of nitrogens with two attached hydrogens (primary N) is 1. The number of rotatable bonds is 2. The van der Waals surface area contributed by atoms with Gasteiger partial charge in [-0.3, -0.25) is 4.98 Å². The van der Waals surface area contributed by atoms with Gasteiger partial charge in [0.15, 0.2) is 11.5 Å². The van der Waals surface area contributed by atoms with Crippen LogP contribution in [0, 0.1) is 11.3 Å². The Kier molecular flexibility index (Phi) is 3.25. The zero-order valence-electron chi connectivity index (χ0n) is 12.6. The molecule has 2 aromatic heterocycles. The lowest BCUT2D eigenvalue weighted by Gasteiger charge is -2.10. The first kappa shape index (κ1) is 14.0. The van der Waals surface area contributed by atoms with Crippen LogP contribution in [0.15, 0.2) is 48.8 Å². The fourth-order valence-corrected chi connectivity index (χ4v) is 2.64. The van der Waals surface area contributed by atoms with Gasteiger partial charge in [-0.15, -0.1) is 0 Å². The molecule has 1 aromatic carbocycles. The number of fused-ring (bicyclic) bond motifs is 1. The van der Waals surface area contributed by atoms with Gasteiger partial charge in [0.05, 0.1) is 5.69 Å². The molecule has 0 spiro atoms. The summed E-state index contributed by atoms with van der Waals surface area (Å²) >= 11 is 0. The minimum Gasteiger partial charge on any atom is -0.454 e. The Morgan fingerprint density at radius 3 is 2.58 bits per heavy atom. The van der Waals surface area contributed by atoms with E-state index < -0.39 is 0 Å². The smallest absolute Gasteiger partial charge is 0.231 e. The SMILES string of the molecule is N#Cc1c(-c2ccc3c(c2)OCO3)cc(-c2ccncc2)nc1N. The first-order chi connectivity index (χ1) is 11.8. The van der Waals surface area contributed by atoms with Crippen molar-refractivity contribution < 1.29 is 9.47 Å². The van der Waals surface area contributed by atoms with Gasteiger partial charge in [0.2, 0.25) is 6.79 Å². The lowest BCUT2D eigenvalue weighted by molar-refractivity contribution is 0.174. The molecule has 0 saturated heterocycles. The van der Waals surface area contributed by atoms with Gasteiger partial charge in [-0.1, -0.05) is 6.07 Å². The summed E-state index contributed by atoms with van der Waals surface area (Å²) < 4.78 is 10.8. The lowest BCUT2D eigenvalue weighted by Crippen LogP contribution is -1.99. The van der Waals surface area contributed by atoms with Gasteiger partial charge in [-0.25, -0.2) is 4.98 Å². The van der Waals surface area contributed by atoms with E-state index in [-0.39, 0.29) is 12.6 Å². The summed E-state index contributed by atoms with van der Waals surface area (Å²) in [7, 11) is 0. The molecular formula is C18H12N4O2. The van der Waals surface area contributed by atoms with Crippen LogP contribution in [0.3, 0.4) is 0 Å². The Labute approximate surface area is 138 Å². The highest BCUT2D eigenvalue weighted by molar-refractivity contribution is 5.81. The molecule has 24 heavy (non-hydrogen) atoms. The number of ether oxygens (including phenoxy) is 2. The number of hydrogen-bond donors (Lipinski definition) is 1. The van der Waals surface area contributed by atoms with Crippen LogP contribution in [0.5, 0.6) is 11.5 Å². The van der Waals surface area contributed by atoms with E-state index >= 15 is 0 Å². The van der Waals surface area contributed by atoms with E-state index in [4.69, 9.17) is 15.2 Å². The van der Waals surface area contributed by atoms with E-state index in [0.717, 1.165) is 11.1 Å². The van der Waals surface area contributed by atoms with Crippen molar-refractivity contribution in [2.75, 3.05) is 12.5 Å². The summed E-state index contributed by atoms with van der Waals surface area (Å²) in [6.07, 6.45) is 3.37. The molecular weight excluding hydrogens is 304 g/mol. The molecule has 3 aromatic rings. The molecule has 3 heterocycles. The first-order valence-corrected chi connectivity index (χ1v) is 7.27. The van der Waals surface area contributed by atoms with Crippen molar-refractivity contribution >= 4 is 5.82 Å². The van der Waals surface area contributed by atoms with Crippen LogP contribution in [0.2, 0.25) is 0 Å². The quantitative estimate of drug-likeness (QED) is 0.781. The van der Waals surface area contributed by atoms with Gasteiger partial charge in [0.1, 0.15) is 17.5 Å². The monoisotopic (exact) mass is 316 g/mol. The summed E-state index contributed by atoms with van der Waals surface area (Å²) in [6.45, 7) is 0.199. The lowest BCUT2D eigenvalue weighted by atomic mass is 9.98. The summed E-state index contributed by atoms with van der Waals surface area (Å²) in [6, 6.07) is 13.2. The zero-order chi connectivity index (χ0) is 16.5. The van der Waals surface area contributed by atoms with Crippen LogP contribution in [-0.2, 0) is 0 Å². The van der Waals surface area contributed by atoms with Gasteiger partial charge in [0.25, 0.3) is 0 Å². The van der Waals surface area contributed by atoms with Gasteiger partial charge in [0, 0.05) is 23.5 Å². The fourth-order valence-electron chi connectivity index (χ4n) is 2.64. The van der Waals surface area contributed by atoms with E-state index in [1.54, 1.807) is 12.4 Å². The number of nitrogens with zero attached hydrogens (tertiary/aromatic N) is 3. The standard InChI is InChI=1S/C18H12N4O2/c19-9-14-13(12-1-2-16-17(7-12)24-10-23-16)8-15(22-18(14)20)11-3-5-21-6-4-11/h1-8H,10H2,(H2,20,22). The van der Waals surface area contributed by atoms with Crippen LogP contribution in [0.4, 0.5) is 5.82 Å². The van der Waals surface area contributed by atoms with Gasteiger partial charge < -0.3 is 15.2 Å². The minimum absolute atomic E-state index is 0.194. The maximum absolute atomic E-state index is 9.48. The molecule has 0 saturated carbocycles.